The number of carbonyl (C=O) groups excluding carboxylic acids is 1. The van der Waals surface area contributed by atoms with Gasteiger partial charge in [-0.05, 0) is 5.41 Å². The molecule has 0 aromatic carbocycles. The van der Waals surface area contributed by atoms with Crippen molar-refractivity contribution in [2.24, 2.45) is 11.3 Å². The van der Waals surface area contributed by atoms with Crippen LogP contribution in [0.4, 0.5) is 26.3 Å². The second-order valence-corrected chi connectivity index (χ2v) is 5.46. The van der Waals surface area contributed by atoms with Gasteiger partial charge in [0.05, 0.1) is 0 Å². The molecule has 0 amide bonds. The molecule has 0 aromatic heterocycles. The van der Waals surface area contributed by atoms with Gasteiger partial charge < -0.3 is 9.84 Å². The first kappa shape index (κ1) is 20.3. The van der Waals surface area contributed by atoms with E-state index in [0.717, 1.165) is 20.8 Å². The Balaban J connectivity index is 5.63. The number of alkyl halides is 6. The summed E-state index contributed by atoms with van der Waals surface area (Å²) in [5.41, 5.74) is -1.69. The predicted molar refractivity (Wildman–Crippen MR) is 61.7 cm³/mol. The summed E-state index contributed by atoms with van der Waals surface area (Å²) >= 11 is 0. The molecule has 0 radical (unpaired) electrons. The zero-order valence-electron chi connectivity index (χ0n) is 11.7. The van der Waals surface area contributed by atoms with Gasteiger partial charge in [-0.25, -0.2) is 9.59 Å². The molecule has 1 unspecified atom stereocenters. The lowest BCUT2D eigenvalue weighted by molar-refractivity contribution is -0.316. The summed E-state index contributed by atoms with van der Waals surface area (Å²) in [6.45, 7) is 3.11. The highest BCUT2D eigenvalue weighted by molar-refractivity contribution is 5.90. The van der Waals surface area contributed by atoms with Crippen molar-refractivity contribution in [3.8, 4) is 0 Å². The molecule has 0 aliphatic heterocycles. The smallest absolute Gasteiger partial charge is 0.404 e. The maximum absolute atomic E-state index is 12.7. The molecule has 0 aliphatic rings. The summed E-state index contributed by atoms with van der Waals surface area (Å²) in [5.74, 6) is -7.10. The average molecular weight is 336 g/mol. The Kier molecular flexibility index (Phi) is 6.05. The molecule has 0 aliphatic carbocycles. The van der Waals surface area contributed by atoms with Gasteiger partial charge in [0.1, 0.15) is 6.10 Å². The fourth-order valence-electron chi connectivity index (χ4n) is 1.58. The molecule has 10 heteroatoms. The van der Waals surface area contributed by atoms with Crippen molar-refractivity contribution in [2.75, 3.05) is 0 Å². The van der Waals surface area contributed by atoms with Crippen molar-refractivity contribution in [1.82, 2.24) is 0 Å². The fourth-order valence-corrected chi connectivity index (χ4v) is 1.58. The molecule has 0 saturated carbocycles. The molecule has 0 saturated heterocycles. The Hall–Kier alpha value is -1.74. The fraction of sp³-hybridized carbons (Fsp3) is 0.667. The Morgan fingerprint density at radius 3 is 1.64 bits per heavy atom. The third-order valence-corrected chi connectivity index (χ3v) is 2.47. The van der Waals surface area contributed by atoms with Crippen LogP contribution in [-0.4, -0.2) is 35.5 Å². The molecule has 0 bridgehead atoms. The van der Waals surface area contributed by atoms with Gasteiger partial charge in [-0.15, -0.1) is 0 Å². The largest absolute Gasteiger partial charge is 0.478 e. The second kappa shape index (κ2) is 6.57. The summed E-state index contributed by atoms with van der Waals surface area (Å²) in [7, 11) is 0. The monoisotopic (exact) mass is 336 g/mol. The quantitative estimate of drug-likeness (QED) is 0.486. The van der Waals surface area contributed by atoms with Crippen molar-refractivity contribution in [3.05, 3.63) is 12.2 Å². The number of hydrogen-bond donors (Lipinski definition) is 1. The van der Waals surface area contributed by atoms with Crippen LogP contribution in [0.1, 0.15) is 20.8 Å². The number of rotatable bonds is 4. The van der Waals surface area contributed by atoms with Crippen LogP contribution in [0, 0.1) is 11.3 Å². The minimum Gasteiger partial charge on any atom is -0.478 e. The van der Waals surface area contributed by atoms with Gasteiger partial charge in [0.2, 0.25) is 0 Å². The number of carboxylic acid groups (broad SMARTS) is 1. The predicted octanol–water partition coefficient (Wildman–Crippen LogP) is 3.33. The lowest BCUT2D eigenvalue weighted by atomic mass is 9.80. The van der Waals surface area contributed by atoms with E-state index in [0.29, 0.717) is 0 Å². The molecule has 22 heavy (non-hydrogen) atoms. The Labute approximate surface area is 121 Å². The van der Waals surface area contributed by atoms with Gasteiger partial charge in [-0.1, -0.05) is 20.8 Å². The zero-order chi connectivity index (χ0) is 17.9. The third-order valence-electron chi connectivity index (χ3n) is 2.47. The van der Waals surface area contributed by atoms with Crippen LogP contribution in [0.15, 0.2) is 12.2 Å². The molecule has 0 heterocycles. The van der Waals surface area contributed by atoms with E-state index >= 15 is 0 Å². The van der Waals surface area contributed by atoms with Crippen LogP contribution >= 0.6 is 0 Å². The molecule has 0 aromatic rings. The van der Waals surface area contributed by atoms with Gasteiger partial charge in [-0.2, -0.15) is 26.3 Å². The molecule has 1 atom stereocenters. The normalized spacial score (nSPS) is 15.2. The van der Waals surface area contributed by atoms with Gasteiger partial charge >= 0.3 is 24.3 Å². The van der Waals surface area contributed by atoms with Crippen molar-refractivity contribution < 1.29 is 45.8 Å². The van der Waals surface area contributed by atoms with Gasteiger partial charge in [0, 0.05) is 12.2 Å². The molecular formula is C12H14F6O4. The first-order valence-electron chi connectivity index (χ1n) is 5.82. The van der Waals surface area contributed by atoms with Crippen LogP contribution in [0.25, 0.3) is 0 Å². The lowest BCUT2D eigenvalue weighted by Gasteiger charge is -2.37. The van der Waals surface area contributed by atoms with E-state index in [-0.39, 0.29) is 12.2 Å². The van der Waals surface area contributed by atoms with Crippen molar-refractivity contribution in [1.29, 1.82) is 0 Å². The number of carboxylic acids is 1. The van der Waals surface area contributed by atoms with Crippen LogP contribution in [0.2, 0.25) is 0 Å². The Morgan fingerprint density at radius 1 is 0.955 bits per heavy atom. The van der Waals surface area contributed by atoms with E-state index in [1.807, 2.05) is 0 Å². The summed E-state index contributed by atoms with van der Waals surface area (Å²) in [4.78, 5) is 21.4. The van der Waals surface area contributed by atoms with E-state index < -0.39 is 41.7 Å². The number of ether oxygens (including phenoxy) is 1. The molecule has 128 valence electrons. The maximum atomic E-state index is 12.7. The van der Waals surface area contributed by atoms with Gasteiger partial charge in [0.25, 0.3) is 0 Å². The van der Waals surface area contributed by atoms with Crippen molar-refractivity contribution in [2.45, 2.75) is 39.2 Å². The van der Waals surface area contributed by atoms with Crippen molar-refractivity contribution >= 4 is 11.9 Å². The van der Waals surface area contributed by atoms with E-state index in [9.17, 15) is 35.9 Å². The standard InChI is InChI=1S/C12H14F6O4/c1-10(2,3)9(22-7(21)5-4-6(19)20)8(11(13,14)15)12(16,17)18/h4-5,8-9H,1-3H3,(H,19,20)/b5-4-. The second-order valence-electron chi connectivity index (χ2n) is 5.46. The SMILES string of the molecule is CC(C)(C)C(OC(=O)/C=C\C(=O)O)C(C(F)(F)F)C(F)(F)F. The number of esters is 1. The van der Waals surface area contributed by atoms with Crippen LogP contribution in [0.3, 0.4) is 0 Å². The van der Waals surface area contributed by atoms with Crippen LogP contribution in [0.5, 0.6) is 0 Å². The van der Waals surface area contributed by atoms with E-state index in [1.165, 1.54) is 0 Å². The van der Waals surface area contributed by atoms with E-state index in [1.54, 1.807) is 0 Å². The first-order chi connectivity index (χ1) is 9.56. The molecule has 4 nitrogen and oxygen atoms in total. The highest BCUT2D eigenvalue weighted by Gasteiger charge is 2.63. The number of carbonyl (C=O) groups is 2. The minimum absolute atomic E-state index is 0.241. The van der Waals surface area contributed by atoms with Crippen LogP contribution < -0.4 is 0 Å². The third kappa shape index (κ3) is 6.35. The molecule has 0 fully saturated rings. The summed E-state index contributed by atoms with van der Waals surface area (Å²) in [5, 5.41) is 8.27. The first-order valence-corrected chi connectivity index (χ1v) is 5.82. The Morgan fingerprint density at radius 2 is 1.36 bits per heavy atom. The topological polar surface area (TPSA) is 63.6 Å². The number of aliphatic carboxylic acids is 1. The van der Waals surface area contributed by atoms with E-state index in [2.05, 4.69) is 4.74 Å². The molecule has 0 spiro atoms. The number of halogens is 6. The highest BCUT2D eigenvalue weighted by atomic mass is 19.4. The maximum Gasteiger partial charge on any atom is 0.404 e. The van der Waals surface area contributed by atoms with Gasteiger partial charge in [-0.3, -0.25) is 0 Å². The van der Waals surface area contributed by atoms with Crippen molar-refractivity contribution in [3.63, 3.8) is 0 Å². The average Bonchev–Trinajstić information content (AvgIpc) is 2.20. The molecule has 1 N–H and O–H groups in total. The highest BCUT2D eigenvalue weighted by Crippen LogP contribution is 2.47. The van der Waals surface area contributed by atoms with Gasteiger partial charge in [0.15, 0.2) is 5.92 Å². The molecule has 0 rings (SSSR count). The zero-order valence-corrected chi connectivity index (χ0v) is 11.7. The number of hydrogen-bond acceptors (Lipinski definition) is 3. The molecular weight excluding hydrogens is 322 g/mol. The summed E-state index contributed by atoms with van der Waals surface area (Å²) in [6.07, 6.45) is -13.5. The summed E-state index contributed by atoms with van der Waals surface area (Å²) in [6, 6.07) is 0. The summed E-state index contributed by atoms with van der Waals surface area (Å²) < 4.78 is 80.7. The minimum atomic E-state index is -5.69. The van der Waals surface area contributed by atoms with Crippen LogP contribution in [-0.2, 0) is 14.3 Å². The lowest BCUT2D eigenvalue weighted by Crippen LogP contribution is -2.51. The van der Waals surface area contributed by atoms with E-state index in [4.69, 9.17) is 5.11 Å². The Bertz CT molecular complexity index is 430.